The van der Waals surface area contributed by atoms with Gasteiger partial charge in [-0.2, -0.15) is 0 Å². The van der Waals surface area contributed by atoms with Crippen LogP contribution in [0.1, 0.15) is 34.6 Å². The average Bonchev–Trinajstić information content (AvgIpc) is 3.39. The van der Waals surface area contributed by atoms with Crippen molar-refractivity contribution in [2.45, 2.75) is 29.4 Å². The molecular formula is C47H33N3S. The molecule has 0 saturated heterocycles. The van der Waals surface area contributed by atoms with E-state index in [2.05, 4.69) is 121 Å². The van der Waals surface area contributed by atoms with Gasteiger partial charge in [-0.1, -0.05) is 152 Å². The second kappa shape index (κ2) is 12.5. The molecule has 2 aliphatic rings. The number of hydrogen-bond donors (Lipinski definition) is 0. The summed E-state index contributed by atoms with van der Waals surface area (Å²) < 4.78 is 0. The highest BCUT2D eigenvalue weighted by atomic mass is 32.2. The summed E-state index contributed by atoms with van der Waals surface area (Å²) in [5.74, 6) is 3.27. The van der Waals surface area contributed by atoms with Crippen LogP contribution in [0.15, 0.2) is 163 Å². The first-order valence-corrected chi connectivity index (χ1v) is 18.6. The largest absolute Gasteiger partial charge is 0.208 e. The highest BCUT2D eigenvalue weighted by Gasteiger charge is 2.33. The minimum absolute atomic E-state index is 0.240. The first kappa shape index (κ1) is 30.0. The van der Waals surface area contributed by atoms with Crippen LogP contribution >= 0.6 is 11.8 Å². The van der Waals surface area contributed by atoms with Crippen molar-refractivity contribution in [3.05, 3.63) is 180 Å². The minimum Gasteiger partial charge on any atom is -0.208 e. The Morgan fingerprint density at radius 1 is 0.451 bits per heavy atom. The first-order valence-electron chi connectivity index (χ1n) is 17.7. The number of rotatable bonds is 4. The van der Waals surface area contributed by atoms with E-state index in [4.69, 9.17) is 15.0 Å². The molecule has 0 amide bonds. The molecular weight excluding hydrogens is 639 g/mol. The smallest absolute Gasteiger partial charge is 0.164 e. The molecule has 0 N–H and O–H groups in total. The molecule has 1 aromatic heterocycles. The summed E-state index contributed by atoms with van der Waals surface area (Å²) in [6.45, 7) is 0. The van der Waals surface area contributed by atoms with E-state index < -0.39 is 0 Å². The van der Waals surface area contributed by atoms with E-state index >= 15 is 0 Å². The zero-order chi connectivity index (χ0) is 33.7. The van der Waals surface area contributed by atoms with Crippen LogP contribution in [0.25, 0.3) is 67.2 Å². The molecule has 0 saturated carbocycles. The Kier molecular flexibility index (Phi) is 7.35. The van der Waals surface area contributed by atoms with Crippen LogP contribution in [0, 0.1) is 0 Å². The van der Waals surface area contributed by atoms with Gasteiger partial charge in [-0.05, 0) is 74.2 Å². The van der Waals surface area contributed by atoms with Gasteiger partial charge in [0.25, 0.3) is 0 Å². The molecule has 51 heavy (non-hydrogen) atoms. The second-order valence-electron chi connectivity index (χ2n) is 13.3. The molecule has 1 unspecified atom stereocenters. The predicted octanol–water partition coefficient (Wildman–Crippen LogP) is 12.0. The van der Waals surface area contributed by atoms with Crippen molar-refractivity contribution in [2.24, 2.45) is 0 Å². The summed E-state index contributed by atoms with van der Waals surface area (Å²) in [6.07, 6.45) is 1.89. The van der Waals surface area contributed by atoms with Crippen LogP contribution in [0.3, 0.4) is 0 Å². The van der Waals surface area contributed by atoms with E-state index in [1.165, 1.54) is 60.2 Å². The lowest BCUT2D eigenvalue weighted by Gasteiger charge is -2.30. The molecule has 3 nitrogen and oxygen atoms in total. The van der Waals surface area contributed by atoms with Crippen molar-refractivity contribution < 1.29 is 0 Å². The lowest BCUT2D eigenvalue weighted by atomic mass is 9.77. The Bertz CT molecular complexity index is 2530. The standard InChI is InChI=1S/C47H33N3S/c1-4-15-30(16-5-1)33-27-28-34-35(44-37-22-11-10-21-36(37)42-39-23-12-13-26-41(39)51-29-40(42)43(33)44)24-14-25-38(34)47-49-45(31-17-6-2-7-18-31)48-46(50-47)32-19-8-3-9-20-32/h1-26,33H,27-29H2. The molecule has 1 aliphatic heterocycles. The Morgan fingerprint density at radius 2 is 1.00 bits per heavy atom. The number of aromatic nitrogens is 3. The fourth-order valence-electron chi connectivity index (χ4n) is 8.27. The summed E-state index contributed by atoms with van der Waals surface area (Å²) in [7, 11) is 0. The lowest BCUT2D eigenvalue weighted by Crippen LogP contribution is -2.10. The van der Waals surface area contributed by atoms with Gasteiger partial charge in [0, 0.05) is 33.3 Å². The average molecular weight is 672 g/mol. The topological polar surface area (TPSA) is 38.7 Å². The third-order valence-electron chi connectivity index (χ3n) is 10.5. The Labute approximate surface area is 302 Å². The lowest BCUT2D eigenvalue weighted by molar-refractivity contribution is 0.722. The van der Waals surface area contributed by atoms with Crippen LogP contribution in [0.2, 0.25) is 0 Å². The van der Waals surface area contributed by atoms with Crippen molar-refractivity contribution in [1.82, 2.24) is 15.0 Å². The van der Waals surface area contributed by atoms with Crippen molar-refractivity contribution in [3.8, 4) is 56.4 Å². The van der Waals surface area contributed by atoms with Crippen LogP contribution in [-0.2, 0) is 12.2 Å². The summed E-state index contributed by atoms with van der Waals surface area (Å²) in [6, 6.07) is 56.4. The molecule has 1 atom stereocenters. The van der Waals surface area contributed by atoms with Crippen LogP contribution in [0.4, 0.5) is 0 Å². The molecule has 0 bridgehead atoms. The van der Waals surface area contributed by atoms with Crippen molar-refractivity contribution >= 4 is 22.5 Å². The SMILES string of the molecule is c1ccc(-c2nc(-c3ccccc3)nc(-c3cccc4c3CCC(c3ccccc3)c3c5c(c6ccccc6c3-4)-c3ccccc3SC5)n2)cc1. The molecule has 7 aromatic carbocycles. The second-order valence-corrected chi connectivity index (χ2v) is 14.4. The summed E-state index contributed by atoms with van der Waals surface area (Å²) in [4.78, 5) is 16.8. The molecule has 0 radical (unpaired) electrons. The third kappa shape index (κ3) is 5.09. The van der Waals surface area contributed by atoms with Crippen LogP contribution in [0.5, 0.6) is 0 Å². The number of nitrogens with zero attached hydrogens (tertiary/aromatic N) is 3. The third-order valence-corrected chi connectivity index (χ3v) is 11.6. The highest BCUT2D eigenvalue weighted by molar-refractivity contribution is 7.98. The highest BCUT2D eigenvalue weighted by Crippen LogP contribution is 2.55. The quantitative estimate of drug-likeness (QED) is 0.187. The Hall–Kier alpha value is -5.84. The van der Waals surface area contributed by atoms with Gasteiger partial charge in [0.1, 0.15) is 0 Å². The van der Waals surface area contributed by atoms with Gasteiger partial charge in [-0.25, -0.2) is 15.0 Å². The van der Waals surface area contributed by atoms with E-state index in [1.807, 2.05) is 48.2 Å². The molecule has 10 rings (SSSR count). The maximum atomic E-state index is 5.20. The molecule has 1 aliphatic carbocycles. The van der Waals surface area contributed by atoms with Crippen LogP contribution in [-0.4, -0.2) is 15.0 Å². The Balaban J connectivity index is 1.27. The monoisotopic (exact) mass is 671 g/mol. The molecule has 0 spiro atoms. The van der Waals surface area contributed by atoms with E-state index in [-0.39, 0.29) is 5.92 Å². The zero-order valence-electron chi connectivity index (χ0n) is 28.0. The molecule has 2 heterocycles. The maximum Gasteiger partial charge on any atom is 0.164 e. The van der Waals surface area contributed by atoms with Gasteiger partial charge < -0.3 is 0 Å². The van der Waals surface area contributed by atoms with E-state index in [0.29, 0.717) is 17.5 Å². The van der Waals surface area contributed by atoms with Crippen LogP contribution < -0.4 is 0 Å². The predicted molar refractivity (Wildman–Crippen MR) is 211 cm³/mol. The van der Waals surface area contributed by atoms with Gasteiger partial charge >= 0.3 is 0 Å². The molecule has 8 aromatic rings. The minimum atomic E-state index is 0.240. The number of benzene rings is 7. The first-order chi connectivity index (χ1) is 25.3. The van der Waals surface area contributed by atoms with Gasteiger partial charge in [0.05, 0.1) is 0 Å². The number of thioether (sulfide) groups is 1. The van der Waals surface area contributed by atoms with Gasteiger partial charge in [-0.15, -0.1) is 11.8 Å². The van der Waals surface area contributed by atoms with E-state index in [9.17, 15) is 0 Å². The van der Waals surface area contributed by atoms with Gasteiger partial charge in [0.15, 0.2) is 17.5 Å². The van der Waals surface area contributed by atoms with Crippen molar-refractivity contribution in [1.29, 1.82) is 0 Å². The van der Waals surface area contributed by atoms with E-state index in [1.54, 1.807) is 0 Å². The summed E-state index contributed by atoms with van der Waals surface area (Å²) >= 11 is 1.97. The molecule has 0 fully saturated rings. The summed E-state index contributed by atoms with van der Waals surface area (Å²) in [5, 5.41) is 2.63. The summed E-state index contributed by atoms with van der Waals surface area (Å²) in [5.41, 5.74) is 14.0. The van der Waals surface area contributed by atoms with Crippen molar-refractivity contribution in [3.63, 3.8) is 0 Å². The Morgan fingerprint density at radius 3 is 1.71 bits per heavy atom. The fraction of sp³-hybridized carbons (Fsp3) is 0.0851. The van der Waals surface area contributed by atoms with Gasteiger partial charge in [0.2, 0.25) is 0 Å². The van der Waals surface area contributed by atoms with Gasteiger partial charge in [-0.3, -0.25) is 0 Å². The fourth-order valence-corrected chi connectivity index (χ4v) is 9.37. The normalized spacial score (nSPS) is 14.5. The van der Waals surface area contributed by atoms with E-state index in [0.717, 1.165) is 35.3 Å². The van der Waals surface area contributed by atoms with Crippen molar-refractivity contribution in [2.75, 3.05) is 0 Å². The number of hydrogen-bond acceptors (Lipinski definition) is 4. The maximum absolute atomic E-state index is 5.20. The molecule has 4 heteroatoms. The zero-order valence-corrected chi connectivity index (χ0v) is 28.8. The molecule has 242 valence electrons. The number of fused-ring (bicyclic) bond motifs is 10.